The zero-order chi connectivity index (χ0) is 15.2. The van der Waals surface area contributed by atoms with E-state index in [1.807, 2.05) is 0 Å². The summed E-state index contributed by atoms with van der Waals surface area (Å²) in [4.78, 5) is 16.0. The highest BCUT2D eigenvalue weighted by atomic mass is 35.5. The van der Waals surface area contributed by atoms with E-state index in [0.29, 0.717) is 16.3 Å². The number of amides is 1. The number of halogens is 1. The van der Waals surface area contributed by atoms with E-state index >= 15 is 0 Å². The Balaban J connectivity index is 2.21. The van der Waals surface area contributed by atoms with Gasteiger partial charge in [-0.05, 0) is 25.1 Å². The van der Waals surface area contributed by atoms with Gasteiger partial charge in [-0.15, -0.1) is 0 Å². The standard InChI is InChI=1S/C14H13ClN4O2/c1-10(19-9-16-8-17-19)14(21)18-13-5-4-12(15)7-11(13)3-2-6-20/h4-5,7-10,20H,6H2,1H3,(H,18,21). The number of aromatic nitrogens is 3. The molecule has 6 nitrogen and oxygen atoms in total. The van der Waals surface area contributed by atoms with Crippen molar-refractivity contribution >= 4 is 23.2 Å². The molecule has 0 spiro atoms. The van der Waals surface area contributed by atoms with Crippen LogP contribution in [-0.4, -0.2) is 32.4 Å². The highest BCUT2D eigenvalue weighted by molar-refractivity contribution is 6.30. The Kier molecular flexibility index (Phi) is 4.93. The quantitative estimate of drug-likeness (QED) is 0.842. The first-order chi connectivity index (χ1) is 10.1. The molecule has 0 aliphatic heterocycles. The van der Waals surface area contributed by atoms with Crippen molar-refractivity contribution in [1.29, 1.82) is 0 Å². The Morgan fingerprint density at radius 1 is 1.57 bits per heavy atom. The molecule has 2 rings (SSSR count). The SMILES string of the molecule is CC(C(=O)Nc1ccc(Cl)cc1C#CCO)n1cncn1. The molecule has 2 N–H and O–H groups in total. The summed E-state index contributed by atoms with van der Waals surface area (Å²) in [5.41, 5.74) is 1.06. The molecular weight excluding hydrogens is 292 g/mol. The number of aliphatic hydroxyl groups is 1. The third-order valence-electron chi connectivity index (χ3n) is 2.75. The minimum Gasteiger partial charge on any atom is -0.384 e. The van der Waals surface area contributed by atoms with Crippen LogP contribution in [-0.2, 0) is 4.79 Å². The van der Waals surface area contributed by atoms with Crippen LogP contribution in [0.1, 0.15) is 18.5 Å². The molecule has 0 saturated carbocycles. The van der Waals surface area contributed by atoms with E-state index in [-0.39, 0.29) is 12.5 Å². The van der Waals surface area contributed by atoms with Gasteiger partial charge in [-0.3, -0.25) is 4.79 Å². The van der Waals surface area contributed by atoms with Crippen molar-refractivity contribution in [3.8, 4) is 11.8 Å². The Morgan fingerprint density at radius 2 is 2.38 bits per heavy atom. The van der Waals surface area contributed by atoms with Crippen LogP contribution >= 0.6 is 11.6 Å². The van der Waals surface area contributed by atoms with E-state index in [2.05, 4.69) is 27.2 Å². The van der Waals surface area contributed by atoms with Gasteiger partial charge in [0.15, 0.2) is 0 Å². The molecule has 0 saturated heterocycles. The number of carbonyl (C=O) groups excluding carboxylic acids is 1. The van der Waals surface area contributed by atoms with Gasteiger partial charge < -0.3 is 10.4 Å². The molecule has 0 fully saturated rings. The predicted molar refractivity (Wildman–Crippen MR) is 78.8 cm³/mol. The number of benzene rings is 1. The monoisotopic (exact) mass is 304 g/mol. The maximum absolute atomic E-state index is 12.2. The average molecular weight is 305 g/mol. The highest BCUT2D eigenvalue weighted by Gasteiger charge is 2.16. The smallest absolute Gasteiger partial charge is 0.249 e. The molecule has 21 heavy (non-hydrogen) atoms. The number of nitrogens with one attached hydrogen (secondary N) is 1. The molecule has 1 aromatic carbocycles. The Hall–Kier alpha value is -2.36. The topological polar surface area (TPSA) is 80.0 Å². The van der Waals surface area contributed by atoms with E-state index in [1.54, 1.807) is 25.1 Å². The second-order valence-corrected chi connectivity index (χ2v) is 4.63. The summed E-state index contributed by atoms with van der Waals surface area (Å²) in [7, 11) is 0. The van der Waals surface area contributed by atoms with Gasteiger partial charge in [0.1, 0.15) is 25.3 Å². The zero-order valence-electron chi connectivity index (χ0n) is 11.2. The van der Waals surface area contributed by atoms with E-state index in [0.717, 1.165) is 0 Å². The fourth-order valence-electron chi connectivity index (χ4n) is 1.64. The number of hydrogen-bond donors (Lipinski definition) is 2. The van der Waals surface area contributed by atoms with Crippen LogP contribution in [0.4, 0.5) is 5.69 Å². The molecule has 1 atom stereocenters. The lowest BCUT2D eigenvalue weighted by Gasteiger charge is -2.13. The Labute approximate surface area is 126 Å². The van der Waals surface area contributed by atoms with Crippen LogP contribution in [0.3, 0.4) is 0 Å². The zero-order valence-corrected chi connectivity index (χ0v) is 12.0. The lowest BCUT2D eigenvalue weighted by molar-refractivity contribution is -0.119. The summed E-state index contributed by atoms with van der Waals surface area (Å²) in [6.45, 7) is 1.44. The van der Waals surface area contributed by atoms with Crippen molar-refractivity contribution in [2.45, 2.75) is 13.0 Å². The number of hydrogen-bond acceptors (Lipinski definition) is 4. The molecule has 0 bridgehead atoms. The van der Waals surface area contributed by atoms with Crippen LogP contribution in [0, 0.1) is 11.8 Å². The number of aliphatic hydroxyl groups excluding tert-OH is 1. The summed E-state index contributed by atoms with van der Waals surface area (Å²) in [6, 6.07) is 4.43. The molecule has 108 valence electrons. The van der Waals surface area contributed by atoms with Gasteiger partial charge in [0, 0.05) is 10.6 Å². The molecule has 1 aromatic heterocycles. The normalized spacial score (nSPS) is 11.4. The molecule has 1 amide bonds. The summed E-state index contributed by atoms with van der Waals surface area (Å²) in [5.74, 6) is 5.02. The minimum absolute atomic E-state index is 0.255. The van der Waals surface area contributed by atoms with Crippen molar-refractivity contribution in [1.82, 2.24) is 14.8 Å². The van der Waals surface area contributed by atoms with Gasteiger partial charge in [-0.2, -0.15) is 5.10 Å². The molecule has 0 radical (unpaired) electrons. The van der Waals surface area contributed by atoms with Crippen molar-refractivity contribution in [2.24, 2.45) is 0 Å². The number of nitrogens with zero attached hydrogens (tertiary/aromatic N) is 3. The molecule has 1 heterocycles. The predicted octanol–water partition coefficient (Wildman–Crippen LogP) is 1.47. The van der Waals surface area contributed by atoms with Crippen molar-refractivity contribution in [3.05, 3.63) is 41.4 Å². The van der Waals surface area contributed by atoms with E-state index < -0.39 is 6.04 Å². The van der Waals surface area contributed by atoms with Gasteiger partial charge in [0.25, 0.3) is 0 Å². The van der Waals surface area contributed by atoms with E-state index in [4.69, 9.17) is 16.7 Å². The lowest BCUT2D eigenvalue weighted by Crippen LogP contribution is -2.24. The first-order valence-corrected chi connectivity index (χ1v) is 6.54. The van der Waals surface area contributed by atoms with Crippen LogP contribution in [0.25, 0.3) is 0 Å². The summed E-state index contributed by atoms with van der Waals surface area (Å²) in [6.07, 6.45) is 2.84. The second kappa shape index (κ2) is 6.88. The fraction of sp³-hybridized carbons (Fsp3) is 0.214. The number of rotatable bonds is 3. The third-order valence-corrected chi connectivity index (χ3v) is 2.99. The second-order valence-electron chi connectivity index (χ2n) is 4.19. The first kappa shape index (κ1) is 15.0. The van der Waals surface area contributed by atoms with Crippen molar-refractivity contribution in [3.63, 3.8) is 0 Å². The van der Waals surface area contributed by atoms with E-state index in [9.17, 15) is 4.79 Å². The van der Waals surface area contributed by atoms with Gasteiger partial charge in [-0.1, -0.05) is 23.4 Å². The molecule has 0 aliphatic carbocycles. The van der Waals surface area contributed by atoms with Crippen molar-refractivity contribution < 1.29 is 9.90 Å². The van der Waals surface area contributed by atoms with Crippen LogP contribution in [0.2, 0.25) is 5.02 Å². The third kappa shape index (κ3) is 3.81. The minimum atomic E-state index is -0.512. The van der Waals surface area contributed by atoms with Gasteiger partial charge in [0.2, 0.25) is 5.91 Å². The maximum Gasteiger partial charge on any atom is 0.249 e. The largest absolute Gasteiger partial charge is 0.384 e. The number of anilines is 1. The fourth-order valence-corrected chi connectivity index (χ4v) is 1.81. The molecule has 1 unspecified atom stereocenters. The number of carbonyl (C=O) groups is 1. The molecular formula is C14H13ClN4O2. The molecule has 2 aromatic rings. The molecule has 0 aliphatic rings. The molecule has 7 heteroatoms. The van der Waals surface area contributed by atoms with Gasteiger partial charge in [0.05, 0.1) is 5.69 Å². The first-order valence-electron chi connectivity index (χ1n) is 6.16. The Morgan fingerprint density at radius 3 is 3.05 bits per heavy atom. The van der Waals surface area contributed by atoms with Crippen LogP contribution in [0.5, 0.6) is 0 Å². The summed E-state index contributed by atoms with van der Waals surface area (Å²) < 4.78 is 1.45. The lowest BCUT2D eigenvalue weighted by atomic mass is 10.1. The van der Waals surface area contributed by atoms with Crippen LogP contribution in [0.15, 0.2) is 30.9 Å². The highest BCUT2D eigenvalue weighted by Crippen LogP contribution is 2.21. The van der Waals surface area contributed by atoms with Crippen molar-refractivity contribution in [2.75, 3.05) is 11.9 Å². The van der Waals surface area contributed by atoms with Gasteiger partial charge >= 0.3 is 0 Å². The maximum atomic E-state index is 12.2. The summed E-state index contributed by atoms with van der Waals surface area (Å²) in [5, 5.41) is 16.0. The Bertz CT molecular complexity index is 689. The van der Waals surface area contributed by atoms with Crippen LogP contribution < -0.4 is 5.32 Å². The van der Waals surface area contributed by atoms with E-state index in [1.165, 1.54) is 17.3 Å². The summed E-state index contributed by atoms with van der Waals surface area (Å²) >= 11 is 5.91. The average Bonchev–Trinajstić information content (AvgIpc) is 3.00. The van der Waals surface area contributed by atoms with Gasteiger partial charge in [-0.25, -0.2) is 9.67 Å².